The second-order valence-electron chi connectivity index (χ2n) is 2.31. The van der Waals surface area contributed by atoms with Crippen LogP contribution in [0.1, 0.15) is 0 Å². The van der Waals surface area contributed by atoms with Crippen LogP contribution >= 0.6 is 23.2 Å². The summed E-state index contributed by atoms with van der Waals surface area (Å²) in [5.41, 5.74) is 0.722. The van der Waals surface area contributed by atoms with Crippen LogP contribution in [0.4, 0.5) is 5.69 Å². The highest BCUT2D eigenvalue weighted by atomic mass is 35.5. The Labute approximate surface area is 80.7 Å². The number of halogens is 2. The van der Waals surface area contributed by atoms with Gasteiger partial charge in [-0.05, 0) is 18.2 Å². The molecule has 0 aliphatic heterocycles. The molecule has 1 aromatic carbocycles. The lowest BCUT2D eigenvalue weighted by Gasteiger charge is -2.10. The smallest absolute Gasteiger partial charge is 0.213 e. The van der Waals surface area contributed by atoms with Crippen LogP contribution in [-0.4, -0.2) is 13.5 Å². The summed E-state index contributed by atoms with van der Waals surface area (Å²) in [6, 6.07) is 5.01. The lowest BCUT2D eigenvalue weighted by atomic mass is 10.3. The van der Waals surface area contributed by atoms with Crippen molar-refractivity contribution in [2.24, 2.45) is 0 Å². The number of hydrogen-bond acceptors (Lipinski definition) is 1. The van der Waals surface area contributed by atoms with E-state index in [2.05, 4.69) is 0 Å². The Morgan fingerprint density at radius 3 is 2.50 bits per heavy atom. The average molecular weight is 204 g/mol. The highest BCUT2D eigenvalue weighted by Crippen LogP contribution is 2.25. The summed E-state index contributed by atoms with van der Waals surface area (Å²) in [4.78, 5) is 11.8. The lowest BCUT2D eigenvalue weighted by molar-refractivity contribution is -0.107. The molecule has 1 aromatic rings. The molecule has 0 atom stereocenters. The molecule has 0 saturated heterocycles. The van der Waals surface area contributed by atoms with Crippen molar-refractivity contribution in [3.8, 4) is 0 Å². The Morgan fingerprint density at radius 1 is 1.33 bits per heavy atom. The van der Waals surface area contributed by atoms with Crippen LogP contribution in [0.3, 0.4) is 0 Å². The second kappa shape index (κ2) is 3.78. The molecule has 64 valence electrons. The Kier molecular flexibility index (Phi) is 2.95. The third kappa shape index (κ3) is 1.90. The van der Waals surface area contributed by atoms with E-state index in [9.17, 15) is 4.79 Å². The van der Waals surface area contributed by atoms with Gasteiger partial charge in [-0.25, -0.2) is 0 Å². The first kappa shape index (κ1) is 9.36. The molecule has 1 amide bonds. The summed E-state index contributed by atoms with van der Waals surface area (Å²) >= 11 is 11.4. The fourth-order valence-corrected chi connectivity index (χ4v) is 1.06. The minimum atomic E-state index is 0.447. The van der Waals surface area contributed by atoms with Gasteiger partial charge in [0.05, 0.1) is 10.0 Å². The van der Waals surface area contributed by atoms with Gasteiger partial charge in [-0.2, -0.15) is 0 Å². The maximum absolute atomic E-state index is 10.4. The molecule has 0 aliphatic carbocycles. The summed E-state index contributed by atoms with van der Waals surface area (Å²) in [7, 11) is 1.65. The highest BCUT2D eigenvalue weighted by Gasteiger charge is 2.01. The van der Waals surface area contributed by atoms with E-state index in [4.69, 9.17) is 23.2 Å². The molecule has 0 spiro atoms. The van der Waals surface area contributed by atoms with E-state index in [1.807, 2.05) is 0 Å². The predicted octanol–water partition coefficient (Wildman–Crippen LogP) is 2.59. The van der Waals surface area contributed by atoms with Gasteiger partial charge in [0, 0.05) is 12.7 Å². The van der Waals surface area contributed by atoms with Crippen LogP contribution in [0.2, 0.25) is 10.0 Å². The van der Waals surface area contributed by atoms with Crippen molar-refractivity contribution in [2.75, 3.05) is 11.9 Å². The molecule has 0 saturated carbocycles. The summed E-state index contributed by atoms with van der Waals surface area (Å²) in [6.07, 6.45) is 0.708. The van der Waals surface area contributed by atoms with Crippen LogP contribution in [0.25, 0.3) is 0 Å². The molecule has 0 aliphatic rings. The van der Waals surface area contributed by atoms with Gasteiger partial charge >= 0.3 is 0 Å². The molecule has 0 N–H and O–H groups in total. The van der Waals surface area contributed by atoms with E-state index < -0.39 is 0 Å². The zero-order valence-electron chi connectivity index (χ0n) is 6.42. The molecule has 0 radical (unpaired) electrons. The normalized spacial score (nSPS) is 9.58. The molecule has 0 aromatic heterocycles. The summed E-state index contributed by atoms with van der Waals surface area (Å²) in [5, 5.41) is 0.933. The van der Waals surface area contributed by atoms with Gasteiger partial charge in [0.25, 0.3) is 0 Å². The largest absolute Gasteiger partial charge is 0.318 e. The van der Waals surface area contributed by atoms with Gasteiger partial charge in [-0.1, -0.05) is 23.2 Å². The van der Waals surface area contributed by atoms with Crippen molar-refractivity contribution in [1.82, 2.24) is 0 Å². The SMILES string of the molecule is CN(C=O)c1ccc(Cl)c(Cl)c1. The standard InChI is InChI=1S/C8H7Cl2NO/c1-11(5-12)6-2-3-7(9)8(10)4-6/h2-5H,1H3. The molecule has 0 fully saturated rings. The van der Waals surface area contributed by atoms with E-state index in [1.54, 1.807) is 25.2 Å². The molecule has 0 bridgehead atoms. The predicted molar refractivity (Wildman–Crippen MR) is 50.9 cm³/mol. The zero-order chi connectivity index (χ0) is 9.14. The minimum Gasteiger partial charge on any atom is -0.318 e. The zero-order valence-corrected chi connectivity index (χ0v) is 7.93. The van der Waals surface area contributed by atoms with Crippen molar-refractivity contribution >= 4 is 35.3 Å². The molecular formula is C8H7Cl2NO. The Hall–Kier alpha value is -0.730. The Bertz CT molecular complexity index is 301. The third-order valence-corrected chi connectivity index (χ3v) is 2.21. The van der Waals surface area contributed by atoms with E-state index in [0.717, 1.165) is 5.69 Å². The van der Waals surface area contributed by atoms with Gasteiger partial charge in [0.2, 0.25) is 6.41 Å². The third-order valence-electron chi connectivity index (χ3n) is 1.47. The number of benzene rings is 1. The summed E-state index contributed by atoms with van der Waals surface area (Å²) in [6.45, 7) is 0. The van der Waals surface area contributed by atoms with Gasteiger partial charge in [-0.15, -0.1) is 0 Å². The summed E-state index contributed by atoms with van der Waals surface area (Å²) in [5.74, 6) is 0. The quantitative estimate of drug-likeness (QED) is 0.678. The van der Waals surface area contributed by atoms with Gasteiger partial charge in [0.1, 0.15) is 0 Å². The van der Waals surface area contributed by atoms with Crippen LogP contribution < -0.4 is 4.90 Å². The number of amides is 1. The fraction of sp³-hybridized carbons (Fsp3) is 0.125. The number of rotatable bonds is 2. The molecule has 0 heterocycles. The van der Waals surface area contributed by atoms with Crippen molar-refractivity contribution in [2.45, 2.75) is 0 Å². The first-order chi connectivity index (χ1) is 5.65. The lowest BCUT2D eigenvalue weighted by Crippen LogP contribution is -2.13. The van der Waals surface area contributed by atoms with Crippen molar-refractivity contribution in [3.05, 3.63) is 28.2 Å². The Morgan fingerprint density at radius 2 is 2.00 bits per heavy atom. The van der Waals surface area contributed by atoms with Crippen molar-refractivity contribution < 1.29 is 4.79 Å². The van der Waals surface area contributed by atoms with Crippen molar-refractivity contribution in [3.63, 3.8) is 0 Å². The van der Waals surface area contributed by atoms with Gasteiger partial charge < -0.3 is 4.90 Å². The molecule has 4 heteroatoms. The van der Waals surface area contributed by atoms with E-state index in [0.29, 0.717) is 16.5 Å². The first-order valence-electron chi connectivity index (χ1n) is 3.28. The summed E-state index contributed by atoms with van der Waals surface area (Å²) < 4.78 is 0. The van der Waals surface area contributed by atoms with Crippen molar-refractivity contribution in [1.29, 1.82) is 0 Å². The average Bonchev–Trinajstić information content (AvgIpc) is 2.08. The van der Waals surface area contributed by atoms with E-state index in [-0.39, 0.29) is 0 Å². The number of anilines is 1. The van der Waals surface area contributed by atoms with Gasteiger partial charge in [0.15, 0.2) is 0 Å². The van der Waals surface area contributed by atoms with Crippen LogP contribution in [0, 0.1) is 0 Å². The number of carbonyl (C=O) groups is 1. The minimum absolute atomic E-state index is 0.447. The molecular weight excluding hydrogens is 197 g/mol. The molecule has 1 rings (SSSR count). The maximum Gasteiger partial charge on any atom is 0.213 e. The fourth-order valence-electron chi connectivity index (χ4n) is 0.765. The number of nitrogens with zero attached hydrogens (tertiary/aromatic N) is 1. The number of hydrogen-bond donors (Lipinski definition) is 0. The topological polar surface area (TPSA) is 20.3 Å². The monoisotopic (exact) mass is 203 g/mol. The Balaban J connectivity index is 3.04. The maximum atomic E-state index is 10.4. The number of carbonyl (C=O) groups excluding carboxylic acids is 1. The molecule has 2 nitrogen and oxygen atoms in total. The molecule has 0 unspecified atom stereocenters. The first-order valence-corrected chi connectivity index (χ1v) is 4.04. The van der Waals surface area contributed by atoms with Gasteiger partial charge in [-0.3, -0.25) is 4.79 Å². The highest BCUT2D eigenvalue weighted by molar-refractivity contribution is 6.42. The van der Waals surface area contributed by atoms with E-state index >= 15 is 0 Å². The van der Waals surface area contributed by atoms with Crippen LogP contribution in [0.15, 0.2) is 18.2 Å². The van der Waals surface area contributed by atoms with Crippen LogP contribution in [-0.2, 0) is 4.79 Å². The molecule has 12 heavy (non-hydrogen) atoms. The van der Waals surface area contributed by atoms with Crippen LogP contribution in [0.5, 0.6) is 0 Å². The van der Waals surface area contributed by atoms with E-state index in [1.165, 1.54) is 4.90 Å². The second-order valence-corrected chi connectivity index (χ2v) is 3.13.